The second kappa shape index (κ2) is 11.9. The molecule has 0 saturated carbocycles. The first-order valence-corrected chi connectivity index (χ1v) is 19.8. The predicted molar refractivity (Wildman–Crippen MR) is 243 cm³/mol. The molecule has 13 aromatic rings. The van der Waals surface area contributed by atoms with Gasteiger partial charge in [0, 0.05) is 67.4 Å². The van der Waals surface area contributed by atoms with Gasteiger partial charge in [0.15, 0.2) is 0 Å². The summed E-state index contributed by atoms with van der Waals surface area (Å²) in [6, 6.07) is 50.6. The molecule has 0 aliphatic heterocycles. The summed E-state index contributed by atoms with van der Waals surface area (Å²) < 4.78 is 4.56. The van der Waals surface area contributed by atoms with Gasteiger partial charge in [-0.15, -0.1) is 0 Å². The minimum atomic E-state index is 0.405. The van der Waals surface area contributed by atoms with Crippen LogP contribution in [0.15, 0.2) is 164 Å². The molecule has 60 heavy (non-hydrogen) atoms. The Hall–Kier alpha value is -8.65. The van der Waals surface area contributed by atoms with Crippen LogP contribution in [0.1, 0.15) is 5.56 Å². The normalized spacial score (nSPS) is 12.0. The maximum atomic E-state index is 11.7. The molecule has 274 valence electrons. The van der Waals surface area contributed by atoms with E-state index in [0.717, 1.165) is 104 Å². The maximum Gasteiger partial charge on any atom is 0.220 e. The Labute approximate surface area is 341 Å². The van der Waals surface area contributed by atoms with Crippen LogP contribution in [0.2, 0.25) is 0 Å². The van der Waals surface area contributed by atoms with E-state index in [9.17, 15) is 5.26 Å². The Kier molecular flexibility index (Phi) is 6.45. The number of benzene rings is 9. The third-order valence-electron chi connectivity index (χ3n) is 12.5. The van der Waals surface area contributed by atoms with Crippen LogP contribution in [-0.2, 0) is 0 Å². The van der Waals surface area contributed by atoms with Crippen LogP contribution in [0, 0.1) is 17.9 Å². The van der Waals surface area contributed by atoms with Crippen molar-refractivity contribution >= 4 is 92.5 Å². The Bertz CT molecular complexity index is 3620. The number of aromatic nitrogens is 5. The van der Waals surface area contributed by atoms with Crippen LogP contribution >= 0.6 is 0 Å². The Balaban J connectivity index is 1.33. The average molecular weight is 762 g/mol. The van der Waals surface area contributed by atoms with Crippen molar-refractivity contribution in [3.8, 4) is 39.7 Å². The summed E-state index contributed by atoms with van der Waals surface area (Å²) in [6.07, 6.45) is 7.32. The smallest absolute Gasteiger partial charge is 0.220 e. The molecule has 0 saturated heterocycles. The lowest BCUT2D eigenvalue weighted by Gasteiger charge is -2.25. The Morgan fingerprint density at radius 1 is 0.483 bits per heavy atom. The molecule has 0 amide bonds. The van der Waals surface area contributed by atoms with E-state index >= 15 is 0 Å². The average Bonchev–Trinajstić information content (AvgIpc) is 3.84. The molecule has 0 unspecified atom stereocenters. The highest BCUT2D eigenvalue weighted by atomic mass is 15.0. The van der Waals surface area contributed by atoms with Gasteiger partial charge in [0.05, 0.1) is 51.1 Å². The molecule has 4 heterocycles. The second-order valence-corrected chi connectivity index (χ2v) is 15.3. The molecule has 0 fully saturated rings. The van der Waals surface area contributed by atoms with E-state index in [1.54, 1.807) is 6.33 Å². The number of rotatable bonds is 4. The zero-order chi connectivity index (χ0) is 39.6. The van der Waals surface area contributed by atoms with Crippen LogP contribution < -0.4 is 0 Å². The van der Waals surface area contributed by atoms with Gasteiger partial charge >= 0.3 is 0 Å². The minimum absolute atomic E-state index is 0.405. The van der Waals surface area contributed by atoms with E-state index in [2.05, 4.69) is 121 Å². The van der Waals surface area contributed by atoms with E-state index in [1.807, 2.05) is 67.1 Å². The summed E-state index contributed by atoms with van der Waals surface area (Å²) in [4.78, 5) is 18.3. The van der Waals surface area contributed by atoms with Crippen LogP contribution in [0.3, 0.4) is 0 Å². The lowest BCUT2D eigenvalue weighted by molar-refractivity contribution is 1.13. The fraction of sp³-hybridized carbons (Fsp3) is 0. The third-order valence-corrected chi connectivity index (χ3v) is 12.5. The van der Waals surface area contributed by atoms with Crippen molar-refractivity contribution in [2.45, 2.75) is 0 Å². The summed E-state index contributed by atoms with van der Waals surface area (Å²) >= 11 is 0. The first-order valence-electron chi connectivity index (χ1n) is 19.8. The monoisotopic (exact) mass is 761 g/mol. The number of pyridine rings is 1. The topological polar surface area (TPSA) is 76.7 Å². The van der Waals surface area contributed by atoms with Crippen molar-refractivity contribution < 1.29 is 0 Å². The van der Waals surface area contributed by atoms with E-state index in [-0.39, 0.29) is 0 Å². The molecule has 0 aliphatic carbocycles. The van der Waals surface area contributed by atoms with Gasteiger partial charge in [-0.05, 0) is 63.0 Å². The molecule has 0 radical (unpaired) electrons. The van der Waals surface area contributed by atoms with Gasteiger partial charge in [-0.25, -0.2) is 14.8 Å². The fourth-order valence-corrected chi connectivity index (χ4v) is 10.3. The van der Waals surface area contributed by atoms with Crippen LogP contribution in [0.5, 0.6) is 0 Å². The lowest BCUT2D eigenvalue weighted by Crippen LogP contribution is -2.08. The third kappa shape index (κ3) is 4.02. The van der Waals surface area contributed by atoms with Crippen LogP contribution in [0.25, 0.3) is 125 Å². The van der Waals surface area contributed by atoms with E-state index in [1.165, 1.54) is 0 Å². The number of fused-ring (bicyclic) bond motifs is 6. The van der Waals surface area contributed by atoms with Crippen molar-refractivity contribution in [3.63, 3.8) is 0 Å². The van der Waals surface area contributed by atoms with Crippen molar-refractivity contribution in [3.05, 3.63) is 181 Å². The van der Waals surface area contributed by atoms with Gasteiger partial charge in [0.1, 0.15) is 12.4 Å². The fourth-order valence-electron chi connectivity index (χ4n) is 10.3. The van der Waals surface area contributed by atoms with Gasteiger partial charge in [-0.3, -0.25) is 4.98 Å². The largest absolute Gasteiger partial charge is 0.318 e. The molecule has 7 heteroatoms. The molecule has 13 rings (SSSR count). The van der Waals surface area contributed by atoms with E-state index in [0.29, 0.717) is 28.2 Å². The van der Waals surface area contributed by atoms with Crippen LogP contribution in [-0.4, -0.2) is 24.1 Å². The van der Waals surface area contributed by atoms with Crippen molar-refractivity contribution in [1.82, 2.24) is 24.1 Å². The minimum Gasteiger partial charge on any atom is -0.318 e. The van der Waals surface area contributed by atoms with Crippen molar-refractivity contribution in [2.75, 3.05) is 0 Å². The highest BCUT2D eigenvalue weighted by Crippen LogP contribution is 2.54. The van der Waals surface area contributed by atoms with Gasteiger partial charge in [-0.1, -0.05) is 109 Å². The molecule has 0 atom stereocenters. The number of hydrogen-bond acceptors (Lipinski definition) is 4. The van der Waals surface area contributed by atoms with Crippen molar-refractivity contribution in [2.24, 2.45) is 0 Å². The van der Waals surface area contributed by atoms with E-state index in [4.69, 9.17) is 11.6 Å². The first-order chi connectivity index (χ1) is 29.8. The second-order valence-electron chi connectivity index (χ2n) is 15.3. The highest BCUT2D eigenvalue weighted by molar-refractivity contribution is 6.36. The molecule has 9 aromatic carbocycles. The van der Waals surface area contributed by atoms with Gasteiger partial charge in [-0.2, -0.15) is 5.26 Å². The van der Waals surface area contributed by atoms with Crippen molar-refractivity contribution in [1.29, 1.82) is 5.26 Å². The van der Waals surface area contributed by atoms with Gasteiger partial charge in [0.2, 0.25) is 5.69 Å². The maximum absolute atomic E-state index is 11.7. The Morgan fingerprint density at radius 3 is 1.60 bits per heavy atom. The molecule has 0 N–H and O–H groups in total. The zero-order valence-electron chi connectivity index (χ0n) is 31.7. The van der Waals surface area contributed by atoms with Gasteiger partial charge in [0.25, 0.3) is 0 Å². The summed E-state index contributed by atoms with van der Waals surface area (Å²) in [7, 11) is 0. The molecule has 0 bridgehead atoms. The number of nitrogens with zero attached hydrogens (tertiary/aromatic N) is 7. The molecular weight excluding hydrogens is 735 g/mol. The van der Waals surface area contributed by atoms with E-state index < -0.39 is 0 Å². The zero-order valence-corrected chi connectivity index (χ0v) is 31.7. The number of nitriles is 1. The summed E-state index contributed by atoms with van der Waals surface area (Å²) in [6.45, 7) is 9.15. The molecule has 7 nitrogen and oxygen atoms in total. The summed E-state index contributed by atoms with van der Waals surface area (Å²) in [5.41, 5.74) is 10.0. The summed E-state index contributed by atoms with van der Waals surface area (Å²) in [5.74, 6) is 0. The molecular formula is C53H27N7. The number of hydrogen-bond donors (Lipinski definition) is 0. The standard InChI is InChI=1S/C53H27N7/c1-55-51-44(30-12-4-2-5-13-30)37(26-54)52(59-40-20-10-18-35-39-28-57-29-58-50(39)36-19-11-23-43(59)49(36)48(35)40)45(31-14-6-3-7-15-31)53(51)60-41-21-8-16-33-32-24-25-56-27-38(32)34-17-9-22-42(60)47(34)46(33)41/h2-25,27-29H. The molecule has 0 aliphatic rings. The summed E-state index contributed by atoms with van der Waals surface area (Å²) in [5, 5.41) is 23.5. The predicted octanol–water partition coefficient (Wildman–Crippen LogP) is 13.3. The quantitative estimate of drug-likeness (QED) is 0.132. The van der Waals surface area contributed by atoms with Crippen LogP contribution in [0.4, 0.5) is 5.69 Å². The lowest BCUT2D eigenvalue weighted by atomic mass is 9.88. The first kappa shape index (κ1) is 32.4. The van der Waals surface area contributed by atoms with Gasteiger partial charge < -0.3 is 9.13 Å². The molecule has 0 spiro atoms. The SMILES string of the molecule is [C-]#[N+]c1c(-c2ccccc2)c(C#N)c(-n2c3cccc4c5cncnc5c5cccc2c5c43)c(-c2ccccc2)c1-n1c2cccc3c4ccncc4c4cccc1c4c32. The Morgan fingerprint density at radius 2 is 1.00 bits per heavy atom. The highest BCUT2D eigenvalue weighted by Gasteiger charge is 2.33. The molecule has 4 aromatic heterocycles.